The van der Waals surface area contributed by atoms with Gasteiger partial charge in [-0.3, -0.25) is 0 Å². The van der Waals surface area contributed by atoms with Crippen molar-refractivity contribution in [1.29, 1.82) is 0 Å². The number of nitrogens with zero attached hydrogens (tertiary/aromatic N) is 1. The zero-order chi connectivity index (χ0) is 11.4. The van der Waals surface area contributed by atoms with E-state index in [-0.39, 0.29) is 6.61 Å². The zero-order valence-corrected chi connectivity index (χ0v) is 9.72. The van der Waals surface area contributed by atoms with Gasteiger partial charge in [-0.2, -0.15) is 0 Å². The van der Waals surface area contributed by atoms with Crippen LogP contribution in [0.15, 0.2) is 24.3 Å². The molecule has 16 heavy (non-hydrogen) atoms. The van der Waals surface area contributed by atoms with E-state index < -0.39 is 0 Å². The largest absolute Gasteiger partial charge is 0.495 e. The summed E-state index contributed by atoms with van der Waals surface area (Å²) in [5, 5.41) is 9.06. The van der Waals surface area contributed by atoms with Gasteiger partial charge in [0.15, 0.2) is 0 Å². The molecule has 0 aromatic heterocycles. The molecule has 1 aliphatic rings. The lowest BCUT2D eigenvalue weighted by Gasteiger charge is -2.27. The van der Waals surface area contributed by atoms with E-state index in [4.69, 9.17) is 9.84 Å². The number of aliphatic hydroxyl groups is 1. The van der Waals surface area contributed by atoms with E-state index in [0.717, 1.165) is 24.4 Å². The molecule has 1 saturated heterocycles. The third kappa shape index (κ3) is 2.14. The number of ether oxygens (including phenoxy) is 1. The molecule has 1 fully saturated rings. The molecule has 1 aromatic rings. The van der Waals surface area contributed by atoms with Gasteiger partial charge in [-0.05, 0) is 31.4 Å². The molecule has 1 aliphatic heterocycles. The van der Waals surface area contributed by atoms with Gasteiger partial charge in [0.05, 0.1) is 12.8 Å². The molecule has 0 bridgehead atoms. The molecule has 0 radical (unpaired) electrons. The quantitative estimate of drug-likeness (QED) is 0.844. The molecule has 0 spiro atoms. The molecule has 1 N–H and O–H groups in total. The Balaban J connectivity index is 2.21. The molecule has 2 rings (SSSR count). The standard InChI is InChI=1S/C13H19NO2/c1-16-13-7-3-2-6-12(13)14-9-4-5-11(14)8-10-15/h2-3,6-7,11,15H,4-5,8-10H2,1H3. The number of hydrogen-bond donors (Lipinski definition) is 1. The van der Waals surface area contributed by atoms with Crippen molar-refractivity contribution >= 4 is 5.69 Å². The molecule has 0 aliphatic carbocycles. The Labute approximate surface area is 96.6 Å². The van der Waals surface area contributed by atoms with Gasteiger partial charge in [0.25, 0.3) is 0 Å². The van der Waals surface area contributed by atoms with Crippen molar-refractivity contribution in [2.45, 2.75) is 25.3 Å². The first-order chi connectivity index (χ1) is 7.86. The summed E-state index contributed by atoms with van der Waals surface area (Å²) >= 11 is 0. The van der Waals surface area contributed by atoms with Crippen molar-refractivity contribution in [1.82, 2.24) is 0 Å². The number of anilines is 1. The normalized spacial score (nSPS) is 20.1. The number of rotatable bonds is 4. The Kier molecular flexibility index (Phi) is 3.67. The molecule has 1 atom stereocenters. The predicted molar refractivity (Wildman–Crippen MR) is 65.1 cm³/mol. The molecular formula is C13H19NO2. The van der Waals surface area contributed by atoms with Crippen LogP contribution in [0.1, 0.15) is 19.3 Å². The summed E-state index contributed by atoms with van der Waals surface area (Å²) in [5.74, 6) is 0.923. The first-order valence-corrected chi connectivity index (χ1v) is 5.87. The summed E-state index contributed by atoms with van der Waals surface area (Å²) in [6.07, 6.45) is 3.21. The third-order valence-corrected chi connectivity index (χ3v) is 3.23. The Bertz CT molecular complexity index is 340. The van der Waals surface area contributed by atoms with E-state index in [1.807, 2.05) is 18.2 Å². The molecule has 88 valence electrons. The van der Waals surface area contributed by atoms with E-state index in [1.165, 1.54) is 12.8 Å². The molecule has 1 unspecified atom stereocenters. The number of para-hydroxylation sites is 2. The van der Waals surface area contributed by atoms with Crippen LogP contribution in [-0.4, -0.2) is 31.4 Å². The van der Waals surface area contributed by atoms with Crippen LogP contribution in [0.25, 0.3) is 0 Å². The minimum atomic E-state index is 0.260. The highest BCUT2D eigenvalue weighted by atomic mass is 16.5. The third-order valence-electron chi connectivity index (χ3n) is 3.23. The van der Waals surface area contributed by atoms with Gasteiger partial charge in [-0.1, -0.05) is 12.1 Å². The van der Waals surface area contributed by atoms with Crippen LogP contribution in [0.5, 0.6) is 5.75 Å². The fourth-order valence-electron chi connectivity index (χ4n) is 2.47. The van der Waals surface area contributed by atoms with E-state index in [1.54, 1.807) is 7.11 Å². The van der Waals surface area contributed by atoms with E-state index in [0.29, 0.717) is 6.04 Å². The highest BCUT2D eigenvalue weighted by Gasteiger charge is 2.25. The lowest BCUT2D eigenvalue weighted by molar-refractivity contribution is 0.275. The van der Waals surface area contributed by atoms with Crippen LogP contribution in [0.2, 0.25) is 0 Å². The van der Waals surface area contributed by atoms with E-state index in [2.05, 4.69) is 11.0 Å². The van der Waals surface area contributed by atoms with Crippen LogP contribution >= 0.6 is 0 Å². The number of methoxy groups -OCH3 is 1. The summed E-state index contributed by atoms with van der Waals surface area (Å²) < 4.78 is 5.38. The first kappa shape index (κ1) is 11.3. The summed E-state index contributed by atoms with van der Waals surface area (Å²) in [6.45, 7) is 1.32. The Hall–Kier alpha value is -1.22. The van der Waals surface area contributed by atoms with Crippen molar-refractivity contribution in [2.75, 3.05) is 25.2 Å². The second kappa shape index (κ2) is 5.21. The Morgan fingerprint density at radius 2 is 2.25 bits per heavy atom. The SMILES string of the molecule is COc1ccccc1N1CCCC1CCO. The second-order valence-electron chi connectivity index (χ2n) is 4.17. The number of benzene rings is 1. The smallest absolute Gasteiger partial charge is 0.142 e. The van der Waals surface area contributed by atoms with E-state index in [9.17, 15) is 0 Å². The lowest BCUT2D eigenvalue weighted by atomic mass is 10.1. The maximum atomic E-state index is 9.06. The second-order valence-corrected chi connectivity index (χ2v) is 4.17. The van der Waals surface area contributed by atoms with Crippen molar-refractivity contribution < 1.29 is 9.84 Å². The van der Waals surface area contributed by atoms with Crippen LogP contribution in [-0.2, 0) is 0 Å². The lowest BCUT2D eigenvalue weighted by Crippen LogP contribution is -2.30. The van der Waals surface area contributed by atoms with Gasteiger partial charge in [-0.15, -0.1) is 0 Å². The van der Waals surface area contributed by atoms with Gasteiger partial charge >= 0.3 is 0 Å². The van der Waals surface area contributed by atoms with Crippen LogP contribution in [0.4, 0.5) is 5.69 Å². The Morgan fingerprint density at radius 1 is 1.44 bits per heavy atom. The minimum Gasteiger partial charge on any atom is -0.495 e. The maximum Gasteiger partial charge on any atom is 0.142 e. The van der Waals surface area contributed by atoms with Crippen LogP contribution in [0, 0.1) is 0 Å². The highest BCUT2D eigenvalue weighted by molar-refractivity contribution is 5.59. The van der Waals surface area contributed by atoms with Gasteiger partial charge in [0.1, 0.15) is 5.75 Å². The van der Waals surface area contributed by atoms with Gasteiger partial charge in [-0.25, -0.2) is 0 Å². The summed E-state index contributed by atoms with van der Waals surface area (Å²) in [7, 11) is 1.70. The fourth-order valence-corrected chi connectivity index (χ4v) is 2.47. The van der Waals surface area contributed by atoms with Gasteiger partial charge in [0.2, 0.25) is 0 Å². The van der Waals surface area contributed by atoms with Crippen LogP contribution in [0.3, 0.4) is 0 Å². The predicted octanol–water partition coefficient (Wildman–Crippen LogP) is 2.05. The summed E-state index contributed by atoms with van der Waals surface area (Å²) in [4.78, 5) is 2.36. The number of aliphatic hydroxyl groups excluding tert-OH is 1. The summed E-state index contributed by atoms with van der Waals surface area (Å²) in [5.41, 5.74) is 1.15. The van der Waals surface area contributed by atoms with Crippen LogP contribution < -0.4 is 9.64 Å². The van der Waals surface area contributed by atoms with Crippen molar-refractivity contribution in [3.05, 3.63) is 24.3 Å². The molecule has 3 heteroatoms. The van der Waals surface area contributed by atoms with Crippen molar-refractivity contribution in [2.24, 2.45) is 0 Å². The monoisotopic (exact) mass is 221 g/mol. The Morgan fingerprint density at radius 3 is 3.00 bits per heavy atom. The molecule has 0 amide bonds. The fraction of sp³-hybridized carbons (Fsp3) is 0.538. The maximum absolute atomic E-state index is 9.06. The highest BCUT2D eigenvalue weighted by Crippen LogP contribution is 2.34. The van der Waals surface area contributed by atoms with Gasteiger partial charge < -0.3 is 14.7 Å². The number of hydrogen-bond acceptors (Lipinski definition) is 3. The zero-order valence-electron chi connectivity index (χ0n) is 9.72. The van der Waals surface area contributed by atoms with E-state index >= 15 is 0 Å². The van der Waals surface area contributed by atoms with Crippen molar-refractivity contribution in [3.8, 4) is 5.75 Å². The molecule has 1 aromatic carbocycles. The average Bonchev–Trinajstić information content (AvgIpc) is 2.77. The molecule has 3 nitrogen and oxygen atoms in total. The first-order valence-electron chi connectivity index (χ1n) is 5.87. The average molecular weight is 221 g/mol. The topological polar surface area (TPSA) is 32.7 Å². The molecule has 1 heterocycles. The van der Waals surface area contributed by atoms with Crippen molar-refractivity contribution in [3.63, 3.8) is 0 Å². The minimum absolute atomic E-state index is 0.260. The molecule has 0 saturated carbocycles. The van der Waals surface area contributed by atoms with Gasteiger partial charge in [0, 0.05) is 19.2 Å². The molecular weight excluding hydrogens is 202 g/mol. The summed E-state index contributed by atoms with van der Waals surface area (Å²) in [6, 6.07) is 8.56.